The number of hydrogen-bond donors (Lipinski definition) is 2. The smallest absolute Gasteiger partial charge is 0.252 e. The number of carbonyl (C=O) groups excluding carboxylic acids is 1. The molecule has 0 aromatic carbocycles. The van der Waals surface area contributed by atoms with Crippen LogP contribution < -0.4 is 11.1 Å². The number of nitrogens with two attached hydrogens (primary N) is 1. The molecule has 3 aromatic heterocycles. The summed E-state index contributed by atoms with van der Waals surface area (Å²) in [6.45, 7) is 4.53. The van der Waals surface area contributed by atoms with E-state index < -0.39 is 0 Å². The average molecular weight is 426 g/mol. The van der Waals surface area contributed by atoms with Gasteiger partial charge in [-0.15, -0.1) is 24.8 Å². The summed E-state index contributed by atoms with van der Waals surface area (Å²) in [5.41, 5.74) is 7.93. The van der Waals surface area contributed by atoms with E-state index in [9.17, 15) is 4.79 Å². The zero-order valence-electron chi connectivity index (χ0n) is 15.8. The van der Waals surface area contributed by atoms with Gasteiger partial charge in [-0.2, -0.15) is 5.10 Å². The van der Waals surface area contributed by atoms with Crippen molar-refractivity contribution in [3.8, 4) is 11.5 Å². The molecule has 1 aliphatic rings. The number of carbonyl (C=O) groups is 1. The van der Waals surface area contributed by atoms with Crippen molar-refractivity contribution in [1.82, 2.24) is 20.1 Å². The number of furan rings is 1. The molecule has 3 N–H and O–H groups in total. The Bertz CT molecular complexity index is 935. The molecule has 4 rings (SSSR count). The topological polar surface area (TPSA) is 99.0 Å². The summed E-state index contributed by atoms with van der Waals surface area (Å²) in [4.78, 5) is 17.5. The normalized spacial score (nSPS) is 14.4. The number of hydrogen-bond acceptors (Lipinski definition) is 5. The molecule has 0 saturated heterocycles. The Hall–Kier alpha value is -2.09. The van der Waals surface area contributed by atoms with Crippen LogP contribution in [0.15, 0.2) is 35.1 Å². The van der Waals surface area contributed by atoms with Crippen molar-refractivity contribution in [3.05, 3.63) is 36.2 Å². The fourth-order valence-electron chi connectivity index (χ4n) is 3.13. The number of rotatable bonds is 6. The quantitative estimate of drug-likeness (QED) is 0.628. The van der Waals surface area contributed by atoms with Crippen LogP contribution in [0.1, 0.15) is 43.1 Å². The second-order valence-corrected chi connectivity index (χ2v) is 7.16. The van der Waals surface area contributed by atoms with E-state index >= 15 is 0 Å². The number of nitrogens with one attached hydrogen (secondary N) is 1. The monoisotopic (exact) mass is 425 g/mol. The van der Waals surface area contributed by atoms with E-state index in [2.05, 4.69) is 15.4 Å². The summed E-state index contributed by atoms with van der Waals surface area (Å²) in [7, 11) is 0. The lowest BCUT2D eigenvalue weighted by Crippen LogP contribution is -2.38. The SMILES string of the molecule is CC(C)n1ncc2c(C(=O)NCC(N)C3CC3)cc(-c3ccco3)nc21.Cl.Cl. The molecule has 1 atom stereocenters. The van der Waals surface area contributed by atoms with E-state index in [0.717, 1.165) is 18.2 Å². The van der Waals surface area contributed by atoms with Gasteiger partial charge in [-0.25, -0.2) is 9.67 Å². The van der Waals surface area contributed by atoms with Crippen LogP contribution in [-0.2, 0) is 0 Å². The van der Waals surface area contributed by atoms with Gasteiger partial charge in [0.25, 0.3) is 5.91 Å². The third kappa shape index (κ3) is 4.32. The Morgan fingerprint density at radius 2 is 2.14 bits per heavy atom. The molecule has 1 saturated carbocycles. The van der Waals surface area contributed by atoms with E-state index in [1.807, 2.05) is 24.6 Å². The number of aromatic nitrogens is 3. The van der Waals surface area contributed by atoms with Crippen LogP contribution in [0.25, 0.3) is 22.5 Å². The highest BCUT2D eigenvalue weighted by Crippen LogP contribution is 2.31. The Balaban J connectivity index is 0.00000140. The van der Waals surface area contributed by atoms with Gasteiger partial charge in [-0.3, -0.25) is 4.79 Å². The van der Waals surface area contributed by atoms with Gasteiger partial charge in [0.05, 0.1) is 23.4 Å². The zero-order valence-corrected chi connectivity index (χ0v) is 17.4. The molecule has 152 valence electrons. The molecule has 3 heterocycles. The highest BCUT2D eigenvalue weighted by molar-refractivity contribution is 6.06. The van der Waals surface area contributed by atoms with Gasteiger partial charge in [0, 0.05) is 18.6 Å². The molecule has 1 unspecified atom stereocenters. The zero-order chi connectivity index (χ0) is 18.3. The summed E-state index contributed by atoms with van der Waals surface area (Å²) in [6.07, 6.45) is 5.60. The third-order valence-electron chi connectivity index (χ3n) is 4.80. The predicted molar refractivity (Wildman–Crippen MR) is 113 cm³/mol. The van der Waals surface area contributed by atoms with Gasteiger partial charge in [0.1, 0.15) is 5.69 Å². The van der Waals surface area contributed by atoms with Crippen LogP contribution in [-0.4, -0.2) is 33.3 Å². The van der Waals surface area contributed by atoms with Crippen LogP contribution >= 0.6 is 24.8 Å². The molecule has 7 nitrogen and oxygen atoms in total. The van der Waals surface area contributed by atoms with E-state index in [1.165, 1.54) is 0 Å². The minimum Gasteiger partial charge on any atom is -0.463 e. The Labute approximate surface area is 175 Å². The van der Waals surface area contributed by atoms with Crippen LogP contribution in [0.5, 0.6) is 0 Å². The first-order valence-corrected chi connectivity index (χ1v) is 9.00. The van der Waals surface area contributed by atoms with Crippen LogP contribution in [0.2, 0.25) is 0 Å². The lowest BCUT2D eigenvalue weighted by molar-refractivity contribution is 0.0952. The van der Waals surface area contributed by atoms with Gasteiger partial charge < -0.3 is 15.5 Å². The van der Waals surface area contributed by atoms with E-state index in [-0.39, 0.29) is 42.8 Å². The number of halogens is 2. The van der Waals surface area contributed by atoms with Crippen molar-refractivity contribution >= 4 is 41.8 Å². The van der Waals surface area contributed by atoms with Crippen molar-refractivity contribution in [2.45, 2.75) is 38.8 Å². The van der Waals surface area contributed by atoms with E-state index in [4.69, 9.17) is 10.2 Å². The summed E-state index contributed by atoms with van der Waals surface area (Å²) >= 11 is 0. The van der Waals surface area contributed by atoms with Crippen molar-refractivity contribution in [3.63, 3.8) is 0 Å². The largest absolute Gasteiger partial charge is 0.463 e. The molecule has 1 amide bonds. The standard InChI is InChI=1S/C19H23N5O2.2ClH/c1-11(2)24-18-14(9-22-24)13(8-16(23-18)17-4-3-7-26-17)19(25)21-10-15(20)12-5-6-12;;/h3-4,7-9,11-12,15H,5-6,10,20H2,1-2H3,(H,21,25);2*1H. The van der Waals surface area contributed by atoms with Gasteiger partial charge >= 0.3 is 0 Å². The fraction of sp³-hybridized carbons (Fsp3) is 0.421. The van der Waals surface area contributed by atoms with Crippen LogP contribution in [0.4, 0.5) is 0 Å². The molecule has 28 heavy (non-hydrogen) atoms. The van der Waals surface area contributed by atoms with Gasteiger partial charge in [-0.1, -0.05) is 0 Å². The fourth-order valence-corrected chi connectivity index (χ4v) is 3.13. The lowest BCUT2D eigenvalue weighted by atomic mass is 10.1. The first kappa shape index (κ1) is 22.2. The average Bonchev–Trinajstić information content (AvgIpc) is 3.16. The number of fused-ring (bicyclic) bond motifs is 1. The minimum absolute atomic E-state index is 0. The van der Waals surface area contributed by atoms with Crippen molar-refractivity contribution in [2.24, 2.45) is 11.7 Å². The number of nitrogens with zero attached hydrogens (tertiary/aromatic N) is 3. The molecule has 0 aliphatic heterocycles. The lowest BCUT2D eigenvalue weighted by Gasteiger charge is -2.13. The Kier molecular flexibility index (Phi) is 7.09. The third-order valence-corrected chi connectivity index (χ3v) is 4.80. The summed E-state index contributed by atoms with van der Waals surface area (Å²) in [5.74, 6) is 0.992. The van der Waals surface area contributed by atoms with Crippen LogP contribution in [0.3, 0.4) is 0 Å². The Morgan fingerprint density at radius 1 is 1.39 bits per heavy atom. The van der Waals surface area contributed by atoms with E-state index in [1.54, 1.807) is 24.6 Å². The molecule has 0 spiro atoms. The molecule has 3 aromatic rings. The second kappa shape index (κ2) is 8.94. The maximum Gasteiger partial charge on any atom is 0.252 e. The molecule has 9 heteroatoms. The number of pyridine rings is 1. The first-order valence-electron chi connectivity index (χ1n) is 9.00. The second-order valence-electron chi connectivity index (χ2n) is 7.16. The number of amides is 1. The Morgan fingerprint density at radius 3 is 2.75 bits per heavy atom. The van der Waals surface area contributed by atoms with Gasteiger partial charge in [0.2, 0.25) is 0 Å². The van der Waals surface area contributed by atoms with Crippen molar-refractivity contribution in [2.75, 3.05) is 6.54 Å². The molecular weight excluding hydrogens is 401 g/mol. The molecule has 1 aliphatic carbocycles. The molecule has 0 bridgehead atoms. The first-order chi connectivity index (χ1) is 12.5. The molecular formula is C19H25Cl2N5O2. The predicted octanol–water partition coefficient (Wildman–Crippen LogP) is 3.58. The summed E-state index contributed by atoms with van der Waals surface area (Å²) in [6, 6.07) is 5.53. The summed E-state index contributed by atoms with van der Waals surface area (Å²) in [5, 5.41) is 8.10. The van der Waals surface area contributed by atoms with Crippen molar-refractivity contribution in [1.29, 1.82) is 0 Å². The minimum atomic E-state index is -0.162. The van der Waals surface area contributed by atoms with Crippen LogP contribution in [0, 0.1) is 5.92 Å². The molecule has 0 radical (unpaired) electrons. The maximum absolute atomic E-state index is 12.8. The maximum atomic E-state index is 12.8. The van der Waals surface area contributed by atoms with Crippen molar-refractivity contribution < 1.29 is 9.21 Å². The molecule has 1 fully saturated rings. The van der Waals surface area contributed by atoms with Gasteiger partial charge in [-0.05, 0) is 50.8 Å². The highest BCUT2D eigenvalue weighted by Gasteiger charge is 2.29. The highest BCUT2D eigenvalue weighted by atomic mass is 35.5. The summed E-state index contributed by atoms with van der Waals surface area (Å²) < 4.78 is 7.29. The van der Waals surface area contributed by atoms with Gasteiger partial charge in [0.15, 0.2) is 11.4 Å². The van der Waals surface area contributed by atoms with E-state index in [0.29, 0.717) is 35.1 Å².